The van der Waals surface area contributed by atoms with Crippen LogP contribution in [-0.2, 0) is 26.2 Å². The summed E-state index contributed by atoms with van der Waals surface area (Å²) in [7, 11) is 0. The van der Waals surface area contributed by atoms with Gasteiger partial charge in [0.25, 0.3) is 22.2 Å². The molecule has 117 heavy (non-hydrogen) atoms. The maximum atomic E-state index is 11.8. The zero-order valence-corrected chi connectivity index (χ0v) is 77.8. The SMILES string of the molecule is CCCCCCCCCCCCCCCCCCn1cnc2c(=O)[nH]c(N)nc21.CCCCCCCCCCCCCCCCCCn1cnc2c(=O)[nH]c(N)nc21.CCCCCCCCCCCCCCCCCCn1cnc2c(=O)[nH]c(N)nc21.CCCCCCCCCCCCCCCCCCn1cnc2c(=O)[nH]c(N)nc21.[K+]. The Kier molecular flexibility index (Phi) is 60.9. The smallest absolute Gasteiger partial charge is 0.369 e. The van der Waals surface area contributed by atoms with Gasteiger partial charge in [-0.05, 0) is 25.7 Å². The van der Waals surface area contributed by atoms with E-state index in [1.165, 1.54) is 385 Å². The predicted molar refractivity (Wildman–Crippen MR) is 488 cm³/mol. The van der Waals surface area contributed by atoms with Crippen molar-refractivity contribution in [3.63, 3.8) is 0 Å². The van der Waals surface area contributed by atoms with Crippen molar-refractivity contribution in [2.75, 3.05) is 22.9 Å². The second kappa shape index (κ2) is 68.8. The number of unbranched alkanes of at least 4 members (excludes halogenated alkanes) is 60. The first-order valence-corrected chi connectivity index (χ1v) is 47.7. The number of H-pyrrole nitrogens is 4. The second-order valence-corrected chi connectivity index (χ2v) is 33.5. The molecule has 8 aromatic rings. The van der Waals surface area contributed by atoms with Crippen LogP contribution in [0.5, 0.6) is 0 Å². The predicted octanol–water partition coefficient (Wildman–Crippen LogP) is 20.9. The topological polar surface area (TPSA) is 358 Å². The fraction of sp³-hybridized carbons (Fsp3) is 0.783. The van der Waals surface area contributed by atoms with Gasteiger partial charge in [-0.2, -0.15) is 19.9 Å². The van der Waals surface area contributed by atoms with Gasteiger partial charge in [0.15, 0.2) is 44.7 Å². The van der Waals surface area contributed by atoms with Gasteiger partial charge in [0.05, 0.1) is 25.3 Å². The Hall–Kier alpha value is -5.76. The summed E-state index contributed by atoms with van der Waals surface area (Å²) in [6, 6.07) is 0. The molecule has 0 radical (unpaired) electrons. The van der Waals surface area contributed by atoms with Gasteiger partial charge in [-0.25, -0.2) is 19.9 Å². The number of nitrogens with zero attached hydrogens (tertiary/aromatic N) is 12. The van der Waals surface area contributed by atoms with Crippen LogP contribution in [0.1, 0.15) is 439 Å². The summed E-state index contributed by atoms with van der Waals surface area (Å²) in [5.41, 5.74) is 25.3. The molecule has 8 rings (SSSR count). The van der Waals surface area contributed by atoms with Crippen LogP contribution >= 0.6 is 0 Å². The molecule has 0 aliphatic heterocycles. The molecule has 0 amide bonds. The fourth-order valence-electron chi connectivity index (χ4n) is 15.9. The third kappa shape index (κ3) is 46.7. The van der Waals surface area contributed by atoms with Crippen molar-refractivity contribution in [1.82, 2.24) is 78.1 Å². The number of aromatic nitrogens is 16. The number of nitrogen functional groups attached to an aromatic ring is 4. The number of nitrogens with two attached hydrogens (primary N) is 4. The Morgan fingerprint density at radius 1 is 0.214 bits per heavy atom. The molecule has 0 aliphatic rings. The molecule has 8 aromatic heterocycles. The molecular formula is C92H164KN20O4+. The standard InChI is InChI=1S/4C23H41N5O.K/c4*1-2-3-4-5-6-7-8-9-10-11-12-13-14-15-16-17-18-28-19-25-20-21(28)26-23(24)27-22(20)29;/h4*19H,2-18H2,1H3,(H3,24,26,27,29);/q;;;;+1. The summed E-state index contributed by atoms with van der Waals surface area (Å²) in [6.07, 6.45) is 94.0. The van der Waals surface area contributed by atoms with Crippen molar-refractivity contribution in [3.8, 4) is 0 Å². The number of aryl methyl sites for hydroxylation is 4. The van der Waals surface area contributed by atoms with Crippen molar-refractivity contribution in [1.29, 1.82) is 0 Å². The molecule has 0 saturated heterocycles. The van der Waals surface area contributed by atoms with Gasteiger partial charge in [0.1, 0.15) is 0 Å². The summed E-state index contributed by atoms with van der Waals surface area (Å²) in [4.78, 5) is 90.5. The summed E-state index contributed by atoms with van der Waals surface area (Å²) < 4.78 is 7.74. The maximum absolute atomic E-state index is 11.8. The molecule has 12 N–H and O–H groups in total. The molecule has 25 heteroatoms. The van der Waals surface area contributed by atoms with E-state index in [0.717, 1.165) is 51.9 Å². The number of imidazole rings is 4. The van der Waals surface area contributed by atoms with E-state index in [1.54, 1.807) is 25.3 Å². The number of nitrogens with one attached hydrogen (secondary N) is 4. The number of hydrogen-bond donors (Lipinski definition) is 8. The van der Waals surface area contributed by atoms with Crippen LogP contribution in [0.25, 0.3) is 44.7 Å². The average molecular weight is 1650 g/mol. The van der Waals surface area contributed by atoms with Gasteiger partial charge in [0.2, 0.25) is 23.8 Å². The van der Waals surface area contributed by atoms with Crippen LogP contribution in [-0.4, -0.2) is 78.1 Å². The Morgan fingerprint density at radius 2 is 0.333 bits per heavy atom. The van der Waals surface area contributed by atoms with Gasteiger partial charge >= 0.3 is 51.4 Å². The van der Waals surface area contributed by atoms with Gasteiger partial charge in [-0.15, -0.1) is 0 Å². The number of fused-ring (bicyclic) bond motifs is 4. The third-order valence-electron chi connectivity index (χ3n) is 23.0. The molecule has 8 heterocycles. The summed E-state index contributed by atoms with van der Waals surface area (Å²) in [5, 5.41) is 0. The molecule has 0 unspecified atom stereocenters. The van der Waals surface area contributed by atoms with E-state index in [2.05, 4.69) is 87.5 Å². The van der Waals surface area contributed by atoms with Gasteiger partial charge in [0, 0.05) is 26.2 Å². The second-order valence-electron chi connectivity index (χ2n) is 33.5. The molecule has 656 valence electrons. The largest absolute Gasteiger partial charge is 1.00 e. The van der Waals surface area contributed by atoms with E-state index in [4.69, 9.17) is 22.9 Å². The maximum Gasteiger partial charge on any atom is 1.00 e. The normalized spacial score (nSPS) is 11.4. The van der Waals surface area contributed by atoms with E-state index in [9.17, 15) is 19.2 Å². The van der Waals surface area contributed by atoms with Gasteiger partial charge in [-0.1, -0.05) is 413 Å². The molecule has 0 aliphatic carbocycles. The van der Waals surface area contributed by atoms with E-state index >= 15 is 0 Å². The Bertz CT molecular complexity index is 3460. The number of rotatable bonds is 68. The van der Waals surface area contributed by atoms with Gasteiger partial charge in [-0.3, -0.25) is 39.1 Å². The minimum Gasteiger partial charge on any atom is -0.369 e. The van der Waals surface area contributed by atoms with Crippen LogP contribution in [0.4, 0.5) is 23.8 Å². The Labute approximate surface area is 746 Å². The molecule has 0 atom stereocenters. The summed E-state index contributed by atoms with van der Waals surface area (Å²) in [5.74, 6) is 0.597. The third-order valence-corrected chi connectivity index (χ3v) is 23.0. The van der Waals surface area contributed by atoms with Crippen molar-refractivity contribution in [3.05, 3.63) is 66.7 Å². The zero-order chi connectivity index (χ0) is 82.9. The molecule has 0 fully saturated rings. The van der Waals surface area contributed by atoms with E-state index in [0.29, 0.717) is 44.7 Å². The number of hydrogen-bond acceptors (Lipinski definition) is 16. The van der Waals surface area contributed by atoms with Crippen molar-refractivity contribution >= 4 is 68.4 Å². The summed E-state index contributed by atoms with van der Waals surface area (Å²) >= 11 is 0. The number of anilines is 4. The fourth-order valence-corrected chi connectivity index (χ4v) is 15.9. The minimum atomic E-state index is -0.266. The van der Waals surface area contributed by atoms with Crippen molar-refractivity contribution < 1.29 is 51.4 Å². The summed E-state index contributed by atoms with van der Waals surface area (Å²) in [6.45, 7) is 12.5. The molecule has 0 spiro atoms. The average Bonchev–Trinajstić information content (AvgIpc) is 1.69. The van der Waals surface area contributed by atoms with Crippen LogP contribution in [0.2, 0.25) is 0 Å². The molecule has 0 aromatic carbocycles. The Balaban J connectivity index is 0.000000327. The molecule has 0 bridgehead atoms. The van der Waals surface area contributed by atoms with Crippen LogP contribution in [0.15, 0.2) is 44.5 Å². The quantitative estimate of drug-likeness (QED) is 0.0130. The van der Waals surface area contributed by atoms with Crippen LogP contribution < -0.4 is 96.6 Å². The molecule has 0 saturated carbocycles. The zero-order valence-electron chi connectivity index (χ0n) is 74.7. The van der Waals surface area contributed by atoms with Crippen molar-refractivity contribution in [2.24, 2.45) is 0 Å². The molecular weight excluding hydrogens is 1490 g/mol. The van der Waals surface area contributed by atoms with Gasteiger partial charge < -0.3 is 41.2 Å². The van der Waals surface area contributed by atoms with Crippen LogP contribution in [0, 0.1) is 0 Å². The molecule has 24 nitrogen and oxygen atoms in total. The number of aromatic amines is 4. The first kappa shape index (κ1) is 104. The minimum absolute atomic E-state index is 0. The van der Waals surface area contributed by atoms with E-state index < -0.39 is 0 Å². The van der Waals surface area contributed by atoms with E-state index in [-0.39, 0.29) is 97.4 Å². The van der Waals surface area contributed by atoms with Crippen molar-refractivity contribution in [2.45, 2.75) is 465 Å². The van der Waals surface area contributed by atoms with E-state index in [1.807, 2.05) is 18.3 Å². The van der Waals surface area contributed by atoms with Crippen LogP contribution in [0.3, 0.4) is 0 Å². The monoisotopic (exact) mass is 1650 g/mol. The first-order valence-electron chi connectivity index (χ1n) is 47.7. The first-order chi connectivity index (χ1) is 56.9. The Morgan fingerprint density at radius 3 is 0.462 bits per heavy atom.